The van der Waals surface area contributed by atoms with Crippen LogP contribution in [0.5, 0.6) is 0 Å². The van der Waals surface area contributed by atoms with E-state index in [1.54, 1.807) is 0 Å². The van der Waals surface area contributed by atoms with Gasteiger partial charge in [-0.05, 0) is 16.8 Å². The van der Waals surface area contributed by atoms with E-state index in [2.05, 4.69) is 33.6 Å². The quantitative estimate of drug-likeness (QED) is 0.641. The van der Waals surface area contributed by atoms with Crippen LogP contribution in [0.2, 0.25) is 0 Å². The molecule has 0 unspecified atom stereocenters. The minimum atomic E-state index is 0.203. The van der Waals surface area contributed by atoms with Gasteiger partial charge in [0.1, 0.15) is 6.54 Å². The molecular weight excluding hydrogens is 298 g/mol. The molecule has 1 saturated heterocycles. The lowest BCUT2D eigenvalue weighted by atomic mass is 10.0. The first kappa shape index (κ1) is 15.2. The molecule has 0 radical (unpaired) electrons. The first-order valence-corrected chi connectivity index (χ1v) is 8.82. The zero-order valence-electron chi connectivity index (χ0n) is 14.2. The van der Waals surface area contributed by atoms with Crippen LogP contribution < -0.4 is 0 Å². The highest BCUT2D eigenvalue weighted by molar-refractivity contribution is 6.02. The zero-order valence-corrected chi connectivity index (χ0v) is 14.2. The smallest absolute Gasteiger partial charge is 0.291 e. The number of rotatable bonds is 3. The van der Waals surface area contributed by atoms with Crippen molar-refractivity contribution in [2.45, 2.75) is 12.8 Å². The Morgan fingerprint density at radius 2 is 1.83 bits per heavy atom. The first-order chi connectivity index (χ1) is 11.7. The third-order valence-electron chi connectivity index (χ3n) is 5.09. The summed E-state index contributed by atoms with van der Waals surface area (Å²) < 4.78 is 2.30. The molecular formula is C20H24N3O+. The third kappa shape index (κ3) is 2.77. The molecule has 0 atom stereocenters. The number of benzene rings is 2. The van der Waals surface area contributed by atoms with Gasteiger partial charge >= 0.3 is 5.96 Å². The molecule has 2 aromatic rings. The minimum Gasteiger partial charge on any atom is -0.291 e. The van der Waals surface area contributed by atoms with Crippen LogP contribution >= 0.6 is 0 Å². The Morgan fingerprint density at radius 3 is 2.71 bits per heavy atom. The maximum absolute atomic E-state index is 12.8. The highest BCUT2D eigenvalue weighted by Crippen LogP contribution is 2.18. The Bertz CT molecular complexity index is 811. The van der Waals surface area contributed by atoms with Gasteiger partial charge in [0.2, 0.25) is 0 Å². The average Bonchev–Trinajstić information content (AvgIpc) is 2.61. The standard InChI is InChI=1S/C20H24N3O/c1-21-10-4-11-22-12-5-13-23(20(21)22)15-19(24)18-9-8-16-6-2-3-7-17(16)14-18/h2-3,6-9,14H,4-5,10-13,15H2,1H3/q+1. The Balaban J connectivity index is 1.58. The second-order valence-corrected chi connectivity index (χ2v) is 6.82. The van der Waals surface area contributed by atoms with Crippen molar-refractivity contribution >= 4 is 22.5 Å². The molecule has 2 aliphatic rings. The van der Waals surface area contributed by atoms with Gasteiger partial charge in [-0.1, -0.05) is 36.4 Å². The van der Waals surface area contributed by atoms with Crippen LogP contribution in [0.3, 0.4) is 0 Å². The van der Waals surface area contributed by atoms with Crippen LogP contribution in [0.4, 0.5) is 0 Å². The molecule has 0 amide bonds. The number of carbonyl (C=O) groups is 1. The minimum absolute atomic E-state index is 0.203. The number of fused-ring (bicyclic) bond motifs is 2. The van der Waals surface area contributed by atoms with E-state index in [1.165, 1.54) is 17.8 Å². The summed E-state index contributed by atoms with van der Waals surface area (Å²) in [6.07, 6.45) is 2.33. The molecule has 4 rings (SSSR count). The van der Waals surface area contributed by atoms with E-state index < -0.39 is 0 Å². The Hall–Kier alpha value is -2.36. The van der Waals surface area contributed by atoms with E-state index >= 15 is 0 Å². The van der Waals surface area contributed by atoms with Gasteiger partial charge in [-0.15, -0.1) is 0 Å². The van der Waals surface area contributed by atoms with E-state index in [-0.39, 0.29) is 5.78 Å². The van der Waals surface area contributed by atoms with Gasteiger partial charge < -0.3 is 0 Å². The van der Waals surface area contributed by atoms with Crippen molar-refractivity contribution in [1.82, 2.24) is 9.80 Å². The number of ketones is 1. The summed E-state index contributed by atoms with van der Waals surface area (Å²) in [7, 11) is 2.14. The molecule has 0 aromatic heterocycles. The molecule has 0 saturated carbocycles. The van der Waals surface area contributed by atoms with E-state index in [4.69, 9.17) is 0 Å². The first-order valence-electron chi connectivity index (χ1n) is 8.82. The second kappa shape index (κ2) is 6.27. The average molecular weight is 322 g/mol. The van der Waals surface area contributed by atoms with Gasteiger partial charge in [-0.25, -0.2) is 0 Å². The molecule has 0 N–H and O–H groups in total. The van der Waals surface area contributed by atoms with Crippen molar-refractivity contribution < 1.29 is 9.37 Å². The van der Waals surface area contributed by atoms with Crippen LogP contribution in [-0.4, -0.2) is 65.9 Å². The maximum atomic E-state index is 12.8. The van der Waals surface area contributed by atoms with Crippen molar-refractivity contribution in [2.24, 2.45) is 0 Å². The number of carbonyl (C=O) groups excluding carboxylic acids is 1. The highest BCUT2D eigenvalue weighted by atomic mass is 16.1. The fourth-order valence-corrected chi connectivity index (χ4v) is 3.92. The predicted octanol–water partition coefficient (Wildman–Crippen LogP) is 2.43. The van der Waals surface area contributed by atoms with Crippen molar-refractivity contribution in [1.29, 1.82) is 0 Å². The lowest BCUT2D eigenvalue weighted by molar-refractivity contribution is -0.515. The maximum Gasteiger partial charge on any atom is 0.350 e. The van der Waals surface area contributed by atoms with E-state index in [0.717, 1.165) is 43.5 Å². The summed E-state index contributed by atoms with van der Waals surface area (Å²) in [5, 5.41) is 2.31. The number of nitrogens with zero attached hydrogens (tertiary/aromatic N) is 3. The summed E-state index contributed by atoms with van der Waals surface area (Å²) in [5.41, 5.74) is 0.810. The van der Waals surface area contributed by atoms with E-state index in [0.29, 0.717) is 6.54 Å². The molecule has 4 nitrogen and oxygen atoms in total. The fourth-order valence-electron chi connectivity index (χ4n) is 3.92. The summed E-state index contributed by atoms with van der Waals surface area (Å²) in [6.45, 7) is 4.73. The Kier molecular flexibility index (Phi) is 3.97. The highest BCUT2D eigenvalue weighted by Gasteiger charge is 2.35. The van der Waals surface area contributed by atoms with Gasteiger partial charge in [0.25, 0.3) is 0 Å². The Morgan fingerprint density at radius 1 is 1.04 bits per heavy atom. The molecule has 2 heterocycles. The van der Waals surface area contributed by atoms with Gasteiger partial charge in [-0.3, -0.25) is 19.2 Å². The van der Waals surface area contributed by atoms with Crippen molar-refractivity contribution in [2.75, 3.05) is 39.8 Å². The number of hydrogen-bond acceptors (Lipinski definition) is 3. The number of Topliss-reactive ketones (excluding diaryl/α,β-unsaturated/α-hetero) is 1. The lowest BCUT2D eigenvalue weighted by Crippen LogP contribution is -2.57. The molecule has 1 fully saturated rings. The largest absolute Gasteiger partial charge is 0.350 e. The monoisotopic (exact) mass is 322 g/mol. The van der Waals surface area contributed by atoms with Crippen LogP contribution in [0.15, 0.2) is 42.5 Å². The van der Waals surface area contributed by atoms with Crippen LogP contribution in [0, 0.1) is 0 Å². The molecule has 0 spiro atoms. The molecule has 2 aromatic carbocycles. The van der Waals surface area contributed by atoms with Gasteiger partial charge in [-0.2, -0.15) is 0 Å². The van der Waals surface area contributed by atoms with Gasteiger partial charge in [0.05, 0.1) is 33.2 Å². The van der Waals surface area contributed by atoms with E-state index in [9.17, 15) is 4.79 Å². The zero-order chi connectivity index (χ0) is 16.5. The van der Waals surface area contributed by atoms with Crippen molar-refractivity contribution in [3.05, 3.63) is 48.0 Å². The second-order valence-electron chi connectivity index (χ2n) is 6.82. The van der Waals surface area contributed by atoms with Crippen LogP contribution in [-0.2, 0) is 0 Å². The Labute approximate surface area is 143 Å². The summed E-state index contributed by atoms with van der Waals surface area (Å²) in [4.78, 5) is 17.5. The van der Waals surface area contributed by atoms with Crippen molar-refractivity contribution in [3.63, 3.8) is 0 Å². The lowest BCUT2D eigenvalue weighted by Gasteiger charge is -2.36. The van der Waals surface area contributed by atoms with Crippen LogP contribution in [0.25, 0.3) is 10.8 Å². The topological polar surface area (TPSA) is 26.6 Å². The SMILES string of the molecule is C[N+]1=C2N(CCCN2CC(=O)c2ccc3ccccc3c2)CCC1. The van der Waals surface area contributed by atoms with Crippen molar-refractivity contribution in [3.8, 4) is 0 Å². The number of hydrogen-bond donors (Lipinski definition) is 0. The summed E-state index contributed by atoms with van der Waals surface area (Å²) in [6, 6.07) is 14.2. The fraction of sp³-hybridized carbons (Fsp3) is 0.400. The summed E-state index contributed by atoms with van der Waals surface area (Å²) in [5.74, 6) is 1.44. The molecule has 4 heteroatoms. The molecule has 0 bridgehead atoms. The van der Waals surface area contributed by atoms with E-state index in [1.807, 2.05) is 30.3 Å². The third-order valence-corrected chi connectivity index (χ3v) is 5.09. The summed E-state index contributed by atoms with van der Waals surface area (Å²) >= 11 is 0. The normalized spacial score (nSPS) is 18.0. The molecule has 2 aliphatic heterocycles. The molecule has 124 valence electrons. The van der Waals surface area contributed by atoms with Crippen LogP contribution in [0.1, 0.15) is 23.2 Å². The van der Waals surface area contributed by atoms with Gasteiger partial charge in [0.15, 0.2) is 5.78 Å². The van der Waals surface area contributed by atoms with Gasteiger partial charge in [0, 0.05) is 18.4 Å². The number of guanidine groups is 1. The molecule has 24 heavy (non-hydrogen) atoms. The molecule has 0 aliphatic carbocycles. The predicted molar refractivity (Wildman–Crippen MR) is 96.7 cm³/mol.